The van der Waals surface area contributed by atoms with Crippen LogP contribution in [0, 0.1) is 5.92 Å². The summed E-state index contributed by atoms with van der Waals surface area (Å²) in [6.45, 7) is 6.09. The molecule has 1 heterocycles. The van der Waals surface area contributed by atoms with Gasteiger partial charge in [-0.25, -0.2) is 0 Å². The van der Waals surface area contributed by atoms with Crippen LogP contribution in [0.2, 0.25) is 0 Å². The average molecular weight is 271 g/mol. The van der Waals surface area contributed by atoms with E-state index in [4.69, 9.17) is 5.73 Å². The van der Waals surface area contributed by atoms with Gasteiger partial charge in [-0.2, -0.15) is 0 Å². The Morgan fingerprint density at radius 2 is 1.90 bits per heavy atom. The minimum absolute atomic E-state index is 0.175. The van der Waals surface area contributed by atoms with Gasteiger partial charge in [-0.1, -0.05) is 51.0 Å². The summed E-state index contributed by atoms with van der Waals surface area (Å²) in [4.78, 5) is 4.35. The predicted octanol–water partition coefficient (Wildman–Crippen LogP) is 3.26. The monoisotopic (exact) mass is 271 g/mol. The topological polar surface area (TPSA) is 50.9 Å². The molecule has 3 N–H and O–H groups in total. The number of nitrogens with one attached hydrogen (secondary N) is 1. The van der Waals surface area contributed by atoms with E-state index in [1.165, 1.54) is 29.2 Å². The van der Waals surface area contributed by atoms with Gasteiger partial charge in [-0.15, -0.1) is 0 Å². The third kappa shape index (κ3) is 3.35. The maximum absolute atomic E-state index is 5.97. The summed E-state index contributed by atoms with van der Waals surface area (Å²) in [5.41, 5.74) is 7.18. The Bertz CT molecular complexity index is 529. The molecule has 0 fully saturated rings. The lowest BCUT2D eigenvalue weighted by Gasteiger charge is -2.22. The molecule has 0 aliphatic carbocycles. The summed E-state index contributed by atoms with van der Waals surface area (Å²) in [5, 5.41) is 6.03. The molecule has 1 aromatic carbocycles. The highest BCUT2D eigenvalue weighted by Crippen LogP contribution is 2.23. The zero-order valence-corrected chi connectivity index (χ0v) is 12.5. The molecule has 0 bridgehead atoms. The summed E-state index contributed by atoms with van der Waals surface area (Å²) >= 11 is 0. The number of aromatic nitrogens is 1. The van der Waals surface area contributed by atoms with Crippen LogP contribution in [0.4, 0.5) is 0 Å². The van der Waals surface area contributed by atoms with E-state index in [2.05, 4.69) is 42.3 Å². The Kier molecular flexibility index (Phi) is 5.50. The van der Waals surface area contributed by atoms with E-state index in [1.54, 1.807) is 0 Å². The van der Waals surface area contributed by atoms with Crippen LogP contribution in [0.25, 0.3) is 10.8 Å². The van der Waals surface area contributed by atoms with Gasteiger partial charge >= 0.3 is 0 Å². The summed E-state index contributed by atoms with van der Waals surface area (Å²) < 4.78 is 0. The van der Waals surface area contributed by atoms with E-state index in [0.29, 0.717) is 12.5 Å². The Morgan fingerprint density at radius 1 is 1.15 bits per heavy atom. The minimum Gasteiger partial charge on any atom is -0.329 e. The van der Waals surface area contributed by atoms with Crippen molar-refractivity contribution < 1.29 is 0 Å². The fraction of sp³-hybridized carbons (Fsp3) is 0.471. The van der Waals surface area contributed by atoms with Crippen molar-refractivity contribution >= 4 is 10.8 Å². The first-order chi connectivity index (χ1) is 9.80. The van der Waals surface area contributed by atoms with Gasteiger partial charge in [0.1, 0.15) is 0 Å². The van der Waals surface area contributed by atoms with Gasteiger partial charge in [-0.05, 0) is 23.4 Å². The van der Waals surface area contributed by atoms with E-state index in [1.807, 2.05) is 18.5 Å². The lowest BCUT2D eigenvalue weighted by atomic mass is 9.99. The molecule has 20 heavy (non-hydrogen) atoms. The van der Waals surface area contributed by atoms with Crippen molar-refractivity contribution in [3.05, 3.63) is 42.2 Å². The fourth-order valence-corrected chi connectivity index (χ4v) is 2.62. The first-order valence-electron chi connectivity index (χ1n) is 7.56. The van der Waals surface area contributed by atoms with E-state index in [0.717, 1.165) is 6.54 Å². The lowest BCUT2D eigenvalue weighted by Crippen LogP contribution is -2.32. The summed E-state index contributed by atoms with van der Waals surface area (Å²) in [6, 6.07) is 8.53. The molecule has 0 amide bonds. The second-order valence-electron chi connectivity index (χ2n) is 5.33. The molecule has 0 aliphatic heterocycles. The van der Waals surface area contributed by atoms with Gasteiger partial charge < -0.3 is 11.1 Å². The zero-order chi connectivity index (χ0) is 14.4. The molecule has 2 aromatic rings. The molecular weight excluding hydrogens is 246 g/mol. The molecule has 3 nitrogen and oxygen atoms in total. The van der Waals surface area contributed by atoms with Crippen LogP contribution < -0.4 is 11.1 Å². The maximum atomic E-state index is 5.97. The maximum Gasteiger partial charge on any atom is 0.0466 e. The Labute approximate surface area is 121 Å². The summed E-state index contributed by atoms with van der Waals surface area (Å²) in [6.07, 6.45) is 6.26. The van der Waals surface area contributed by atoms with Crippen LogP contribution >= 0.6 is 0 Å². The largest absolute Gasteiger partial charge is 0.329 e. The molecule has 108 valence electrons. The smallest absolute Gasteiger partial charge is 0.0466 e. The van der Waals surface area contributed by atoms with Crippen LogP contribution in [0.5, 0.6) is 0 Å². The van der Waals surface area contributed by atoms with Gasteiger partial charge in [0.25, 0.3) is 0 Å². The highest BCUT2D eigenvalue weighted by Gasteiger charge is 2.14. The minimum atomic E-state index is 0.175. The third-order valence-electron chi connectivity index (χ3n) is 4.12. The van der Waals surface area contributed by atoms with E-state index < -0.39 is 0 Å². The normalized spacial score (nSPS) is 13.0. The molecule has 1 unspecified atom stereocenters. The quantitative estimate of drug-likeness (QED) is 0.812. The first kappa shape index (κ1) is 14.9. The standard InChI is InChI=1S/C17H25N3/c1-3-13(4-2)10-20-17(9-18)16-12-19-11-14-7-5-6-8-15(14)16/h5-8,11-13,17,20H,3-4,9-10,18H2,1-2H3. The van der Waals surface area contributed by atoms with Crippen molar-refractivity contribution in [3.63, 3.8) is 0 Å². The number of pyridine rings is 1. The Morgan fingerprint density at radius 3 is 2.60 bits per heavy atom. The number of fused-ring (bicyclic) bond motifs is 1. The van der Waals surface area contributed by atoms with Crippen molar-refractivity contribution in [2.75, 3.05) is 13.1 Å². The molecule has 1 atom stereocenters. The van der Waals surface area contributed by atoms with Gasteiger partial charge in [-0.3, -0.25) is 4.98 Å². The van der Waals surface area contributed by atoms with Crippen LogP contribution in [-0.2, 0) is 0 Å². The summed E-state index contributed by atoms with van der Waals surface area (Å²) in [7, 11) is 0. The number of nitrogens with two attached hydrogens (primary N) is 1. The molecule has 3 heteroatoms. The third-order valence-corrected chi connectivity index (χ3v) is 4.12. The lowest BCUT2D eigenvalue weighted by molar-refractivity contribution is 0.415. The predicted molar refractivity (Wildman–Crippen MR) is 85.6 cm³/mol. The average Bonchev–Trinajstić information content (AvgIpc) is 2.51. The van der Waals surface area contributed by atoms with Gasteiger partial charge in [0.05, 0.1) is 0 Å². The Balaban J connectivity index is 2.21. The van der Waals surface area contributed by atoms with Crippen LogP contribution in [0.15, 0.2) is 36.7 Å². The second-order valence-corrected chi connectivity index (χ2v) is 5.33. The van der Waals surface area contributed by atoms with Gasteiger partial charge in [0.2, 0.25) is 0 Å². The van der Waals surface area contributed by atoms with Crippen molar-refractivity contribution in [2.45, 2.75) is 32.7 Å². The van der Waals surface area contributed by atoms with Gasteiger partial charge in [0.15, 0.2) is 0 Å². The first-order valence-corrected chi connectivity index (χ1v) is 7.56. The number of benzene rings is 1. The van der Waals surface area contributed by atoms with E-state index >= 15 is 0 Å². The van der Waals surface area contributed by atoms with Crippen molar-refractivity contribution in [2.24, 2.45) is 11.7 Å². The van der Waals surface area contributed by atoms with E-state index in [9.17, 15) is 0 Å². The van der Waals surface area contributed by atoms with Crippen molar-refractivity contribution in [1.29, 1.82) is 0 Å². The molecule has 0 aliphatic rings. The molecule has 0 saturated carbocycles. The van der Waals surface area contributed by atoms with Crippen LogP contribution in [-0.4, -0.2) is 18.1 Å². The number of rotatable bonds is 7. The number of nitrogens with zero attached hydrogens (tertiary/aromatic N) is 1. The fourth-order valence-electron chi connectivity index (χ4n) is 2.62. The SMILES string of the molecule is CCC(CC)CNC(CN)c1cncc2ccccc12. The van der Waals surface area contributed by atoms with Crippen molar-refractivity contribution in [3.8, 4) is 0 Å². The molecule has 2 rings (SSSR count). The molecule has 0 spiro atoms. The zero-order valence-electron chi connectivity index (χ0n) is 12.5. The number of hydrogen-bond acceptors (Lipinski definition) is 3. The van der Waals surface area contributed by atoms with Crippen LogP contribution in [0.1, 0.15) is 38.3 Å². The molecule has 0 radical (unpaired) electrons. The molecule has 0 saturated heterocycles. The Hall–Kier alpha value is -1.45. The second kappa shape index (κ2) is 7.36. The summed E-state index contributed by atoms with van der Waals surface area (Å²) in [5.74, 6) is 0.715. The van der Waals surface area contributed by atoms with Gasteiger partial charge in [0, 0.05) is 30.4 Å². The molecular formula is C17H25N3. The van der Waals surface area contributed by atoms with Crippen LogP contribution in [0.3, 0.4) is 0 Å². The highest BCUT2D eigenvalue weighted by molar-refractivity contribution is 5.85. The van der Waals surface area contributed by atoms with E-state index in [-0.39, 0.29) is 6.04 Å². The van der Waals surface area contributed by atoms with Crippen molar-refractivity contribution in [1.82, 2.24) is 10.3 Å². The number of hydrogen-bond donors (Lipinski definition) is 2. The molecule has 1 aromatic heterocycles. The highest BCUT2D eigenvalue weighted by atomic mass is 14.9.